The summed E-state index contributed by atoms with van der Waals surface area (Å²) in [6.07, 6.45) is 1.45. The average molecular weight is 396 g/mol. The molecule has 2 amide bonds. The minimum Gasteiger partial charge on any atom is -0.322 e. The van der Waals surface area contributed by atoms with Gasteiger partial charge < -0.3 is 10.6 Å². The number of hydrogen-bond acceptors (Lipinski definition) is 3. The minimum absolute atomic E-state index is 0.267. The molecule has 0 aliphatic heterocycles. The van der Waals surface area contributed by atoms with Gasteiger partial charge in [-0.2, -0.15) is 5.10 Å². The number of benzene rings is 3. The van der Waals surface area contributed by atoms with E-state index in [1.54, 1.807) is 28.9 Å². The van der Waals surface area contributed by atoms with E-state index in [9.17, 15) is 9.59 Å². The van der Waals surface area contributed by atoms with Crippen LogP contribution < -0.4 is 10.6 Å². The van der Waals surface area contributed by atoms with Crippen molar-refractivity contribution in [2.24, 2.45) is 0 Å². The molecule has 2 N–H and O–H groups in total. The SMILES string of the molecule is Cc1ccc(C(=O)Nc2c(C(=O)Nc3ccccc3)cnn2-c2ccccc2)cc1. The molecule has 0 bridgehead atoms. The van der Waals surface area contributed by atoms with Crippen molar-refractivity contribution in [2.75, 3.05) is 10.6 Å². The third-order valence-corrected chi connectivity index (χ3v) is 4.59. The van der Waals surface area contributed by atoms with Crippen molar-refractivity contribution in [3.63, 3.8) is 0 Å². The van der Waals surface area contributed by atoms with Gasteiger partial charge in [0.25, 0.3) is 11.8 Å². The van der Waals surface area contributed by atoms with Crippen LogP contribution in [0.3, 0.4) is 0 Å². The zero-order valence-electron chi connectivity index (χ0n) is 16.4. The molecule has 6 nitrogen and oxygen atoms in total. The summed E-state index contributed by atoms with van der Waals surface area (Å²) in [7, 11) is 0. The number of anilines is 2. The second-order valence-corrected chi connectivity index (χ2v) is 6.79. The molecule has 0 unspecified atom stereocenters. The van der Waals surface area contributed by atoms with Crippen LogP contribution in [0.1, 0.15) is 26.3 Å². The quantitative estimate of drug-likeness (QED) is 0.514. The van der Waals surface area contributed by atoms with Gasteiger partial charge in [0.15, 0.2) is 0 Å². The molecule has 148 valence electrons. The van der Waals surface area contributed by atoms with E-state index >= 15 is 0 Å². The van der Waals surface area contributed by atoms with Crippen molar-refractivity contribution >= 4 is 23.3 Å². The van der Waals surface area contributed by atoms with E-state index in [2.05, 4.69) is 15.7 Å². The minimum atomic E-state index is -0.359. The number of hydrogen-bond donors (Lipinski definition) is 2. The van der Waals surface area contributed by atoms with E-state index < -0.39 is 0 Å². The predicted octanol–water partition coefficient (Wildman–Crippen LogP) is 4.69. The lowest BCUT2D eigenvalue weighted by Crippen LogP contribution is -2.19. The lowest BCUT2D eigenvalue weighted by molar-refractivity contribution is 0.102. The Hall–Kier alpha value is -4.19. The Kier molecular flexibility index (Phi) is 5.39. The van der Waals surface area contributed by atoms with Crippen LogP contribution in [-0.4, -0.2) is 21.6 Å². The summed E-state index contributed by atoms with van der Waals surface area (Å²) < 4.78 is 1.55. The topological polar surface area (TPSA) is 76.0 Å². The molecule has 4 rings (SSSR count). The van der Waals surface area contributed by atoms with E-state index in [1.165, 1.54) is 6.20 Å². The van der Waals surface area contributed by atoms with E-state index in [4.69, 9.17) is 0 Å². The van der Waals surface area contributed by atoms with Crippen LogP contribution in [0.4, 0.5) is 11.5 Å². The molecule has 0 fully saturated rings. The summed E-state index contributed by atoms with van der Waals surface area (Å²) in [4.78, 5) is 25.8. The van der Waals surface area contributed by atoms with Crippen molar-refractivity contribution in [1.29, 1.82) is 0 Å². The number of aromatic nitrogens is 2. The van der Waals surface area contributed by atoms with Gasteiger partial charge in [0, 0.05) is 11.3 Å². The van der Waals surface area contributed by atoms with E-state index in [0.717, 1.165) is 11.3 Å². The standard InChI is InChI=1S/C24H20N4O2/c1-17-12-14-18(15-13-17)23(29)27-22-21(24(30)26-19-8-4-2-5-9-19)16-25-28(22)20-10-6-3-7-11-20/h2-16H,1H3,(H,26,30)(H,27,29). The van der Waals surface area contributed by atoms with Gasteiger partial charge in [0.2, 0.25) is 0 Å². The highest BCUT2D eigenvalue weighted by Crippen LogP contribution is 2.22. The number of carbonyl (C=O) groups excluding carboxylic acids is 2. The zero-order valence-corrected chi connectivity index (χ0v) is 16.4. The van der Waals surface area contributed by atoms with Gasteiger partial charge in [0.05, 0.1) is 11.9 Å². The summed E-state index contributed by atoms with van der Waals surface area (Å²) >= 11 is 0. The molecule has 0 radical (unpaired) electrons. The van der Waals surface area contributed by atoms with Crippen LogP contribution >= 0.6 is 0 Å². The Morgan fingerprint density at radius 3 is 2.07 bits per heavy atom. The fraction of sp³-hybridized carbons (Fsp3) is 0.0417. The number of aryl methyl sites for hydroxylation is 1. The Morgan fingerprint density at radius 1 is 0.767 bits per heavy atom. The maximum Gasteiger partial charge on any atom is 0.261 e. The molecular formula is C24H20N4O2. The van der Waals surface area contributed by atoms with Crippen LogP contribution in [0, 0.1) is 6.92 Å². The molecule has 0 aliphatic carbocycles. The molecule has 6 heteroatoms. The third-order valence-electron chi connectivity index (χ3n) is 4.59. The maximum absolute atomic E-state index is 12.9. The Bertz CT molecular complexity index is 1170. The van der Waals surface area contributed by atoms with Crippen LogP contribution in [0.25, 0.3) is 5.69 Å². The van der Waals surface area contributed by atoms with Gasteiger partial charge in [-0.25, -0.2) is 4.68 Å². The molecule has 30 heavy (non-hydrogen) atoms. The number of rotatable bonds is 5. The largest absolute Gasteiger partial charge is 0.322 e. The van der Waals surface area contributed by atoms with Gasteiger partial charge in [-0.1, -0.05) is 54.1 Å². The highest BCUT2D eigenvalue weighted by Gasteiger charge is 2.21. The molecule has 0 saturated heterocycles. The molecule has 1 aromatic heterocycles. The highest BCUT2D eigenvalue weighted by molar-refractivity contribution is 6.12. The van der Waals surface area contributed by atoms with E-state index in [1.807, 2.05) is 67.6 Å². The van der Waals surface area contributed by atoms with Crippen LogP contribution in [0.5, 0.6) is 0 Å². The maximum atomic E-state index is 12.9. The highest BCUT2D eigenvalue weighted by atomic mass is 16.2. The average Bonchev–Trinajstić information content (AvgIpc) is 3.19. The Balaban J connectivity index is 1.70. The molecule has 4 aromatic rings. The van der Waals surface area contributed by atoms with Gasteiger partial charge in [-0.3, -0.25) is 9.59 Å². The monoisotopic (exact) mass is 396 g/mol. The van der Waals surface area contributed by atoms with Gasteiger partial charge >= 0.3 is 0 Å². The molecule has 0 saturated carbocycles. The van der Waals surface area contributed by atoms with Crippen molar-refractivity contribution in [3.05, 3.63) is 108 Å². The first-order valence-corrected chi connectivity index (χ1v) is 9.50. The number of nitrogens with zero attached hydrogens (tertiary/aromatic N) is 2. The molecule has 1 heterocycles. The number of para-hydroxylation sites is 2. The summed E-state index contributed by atoms with van der Waals surface area (Å²) in [5.74, 6) is -0.371. The fourth-order valence-electron chi connectivity index (χ4n) is 3.00. The lowest BCUT2D eigenvalue weighted by atomic mass is 10.1. The molecule has 0 aliphatic rings. The smallest absolute Gasteiger partial charge is 0.261 e. The normalized spacial score (nSPS) is 10.4. The van der Waals surface area contributed by atoms with Crippen LogP contribution in [0.15, 0.2) is 91.1 Å². The van der Waals surface area contributed by atoms with E-state index in [-0.39, 0.29) is 17.4 Å². The predicted molar refractivity (Wildman–Crippen MR) is 117 cm³/mol. The van der Waals surface area contributed by atoms with Crippen LogP contribution in [0.2, 0.25) is 0 Å². The summed E-state index contributed by atoms with van der Waals surface area (Å²) in [5.41, 5.74) is 3.21. The molecule has 0 atom stereocenters. The first-order chi connectivity index (χ1) is 14.6. The number of nitrogens with one attached hydrogen (secondary N) is 2. The molecular weight excluding hydrogens is 376 g/mol. The lowest BCUT2D eigenvalue weighted by Gasteiger charge is -2.12. The third kappa shape index (κ3) is 4.12. The first-order valence-electron chi connectivity index (χ1n) is 9.50. The van der Waals surface area contributed by atoms with E-state index in [0.29, 0.717) is 17.1 Å². The Morgan fingerprint density at radius 2 is 1.40 bits per heavy atom. The summed E-state index contributed by atoms with van der Waals surface area (Å²) in [6, 6.07) is 25.7. The van der Waals surface area contributed by atoms with Crippen molar-refractivity contribution in [1.82, 2.24) is 9.78 Å². The second-order valence-electron chi connectivity index (χ2n) is 6.79. The van der Waals surface area contributed by atoms with Gasteiger partial charge in [0.1, 0.15) is 11.4 Å². The molecule has 0 spiro atoms. The number of carbonyl (C=O) groups is 2. The summed E-state index contributed by atoms with van der Waals surface area (Å²) in [5, 5.41) is 10.1. The van der Waals surface area contributed by atoms with Crippen molar-refractivity contribution in [3.8, 4) is 5.69 Å². The zero-order chi connectivity index (χ0) is 20.9. The van der Waals surface area contributed by atoms with Crippen molar-refractivity contribution in [2.45, 2.75) is 6.92 Å². The van der Waals surface area contributed by atoms with Gasteiger partial charge in [-0.05, 0) is 43.3 Å². The second kappa shape index (κ2) is 8.45. The number of amides is 2. The molecule has 3 aromatic carbocycles. The van der Waals surface area contributed by atoms with Gasteiger partial charge in [-0.15, -0.1) is 0 Å². The Labute approximate surface area is 174 Å². The fourth-order valence-corrected chi connectivity index (χ4v) is 3.00. The summed E-state index contributed by atoms with van der Waals surface area (Å²) in [6.45, 7) is 1.96. The van der Waals surface area contributed by atoms with Crippen LogP contribution in [-0.2, 0) is 0 Å². The first kappa shape index (κ1) is 19.1. The van der Waals surface area contributed by atoms with Crippen molar-refractivity contribution < 1.29 is 9.59 Å².